The van der Waals surface area contributed by atoms with Crippen molar-refractivity contribution in [1.29, 1.82) is 0 Å². The van der Waals surface area contributed by atoms with Crippen molar-refractivity contribution in [2.45, 2.75) is 25.9 Å². The maximum absolute atomic E-state index is 11.9. The molecule has 0 aliphatic heterocycles. The molecule has 0 fully saturated rings. The molecule has 0 spiro atoms. The number of nitrogens with one attached hydrogen (secondary N) is 1. The first-order chi connectivity index (χ1) is 9.29. The molecule has 0 aliphatic carbocycles. The van der Waals surface area contributed by atoms with Crippen molar-refractivity contribution in [3.63, 3.8) is 0 Å². The Balaban J connectivity index is 2.84. The van der Waals surface area contributed by atoms with Crippen LogP contribution in [0.25, 0.3) is 0 Å². The minimum absolute atomic E-state index is 0.0442. The number of carboxylic acid groups (broad SMARTS) is 1. The van der Waals surface area contributed by atoms with Crippen LogP contribution < -0.4 is 10.1 Å². The topological polar surface area (TPSA) is 84.9 Å². The van der Waals surface area contributed by atoms with Gasteiger partial charge in [0.25, 0.3) is 0 Å². The summed E-state index contributed by atoms with van der Waals surface area (Å²) in [4.78, 5) is 22.8. The van der Waals surface area contributed by atoms with E-state index < -0.39 is 11.6 Å². The van der Waals surface area contributed by atoms with Crippen molar-refractivity contribution in [2.24, 2.45) is 0 Å². The molecule has 0 saturated carbocycles. The fraction of sp³-hybridized carbons (Fsp3) is 0.429. The first-order valence-corrected chi connectivity index (χ1v) is 6.05. The molecule has 0 saturated heterocycles. The van der Waals surface area contributed by atoms with Gasteiger partial charge in [-0.2, -0.15) is 0 Å². The predicted octanol–water partition coefficient (Wildman–Crippen LogP) is 2.15. The van der Waals surface area contributed by atoms with Crippen molar-refractivity contribution in [2.75, 3.05) is 19.5 Å². The Bertz CT molecular complexity index is 510. The molecule has 1 rings (SSSR count). The maximum Gasteiger partial charge on any atom is 0.339 e. The quantitative estimate of drug-likeness (QED) is 0.834. The minimum Gasteiger partial charge on any atom is -0.496 e. The number of ether oxygens (including phenoxy) is 2. The summed E-state index contributed by atoms with van der Waals surface area (Å²) in [6, 6.07) is 4.38. The van der Waals surface area contributed by atoms with Gasteiger partial charge in [0.1, 0.15) is 11.3 Å². The summed E-state index contributed by atoms with van der Waals surface area (Å²) in [5, 5.41) is 11.7. The zero-order chi connectivity index (χ0) is 15.3. The Kier molecular flexibility index (Phi) is 5.10. The minimum atomic E-state index is -1.08. The van der Waals surface area contributed by atoms with Gasteiger partial charge in [-0.15, -0.1) is 0 Å². The maximum atomic E-state index is 11.9. The lowest BCUT2D eigenvalue weighted by Crippen LogP contribution is -2.29. The summed E-state index contributed by atoms with van der Waals surface area (Å²) in [7, 11) is 2.92. The number of aromatic carboxylic acids is 1. The van der Waals surface area contributed by atoms with E-state index in [0.29, 0.717) is 5.69 Å². The monoisotopic (exact) mass is 281 g/mol. The highest BCUT2D eigenvalue weighted by atomic mass is 16.5. The average molecular weight is 281 g/mol. The van der Waals surface area contributed by atoms with Gasteiger partial charge in [0.15, 0.2) is 0 Å². The van der Waals surface area contributed by atoms with Crippen LogP contribution in [0.5, 0.6) is 5.75 Å². The van der Waals surface area contributed by atoms with Crippen LogP contribution in [0.3, 0.4) is 0 Å². The third-order valence-electron chi connectivity index (χ3n) is 2.85. The number of carbonyl (C=O) groups is 2. The summed E-state index contributed by atoms with van der Waals surface area (Å²) in [6.45, 7) is 3.61. The van der Waals surface area contributed by atoms with E-state index in [1.54, 1.807) is 13.8 Å². The first-order valence-electron chi connectivity index (χ1n) is 6.05. The number of rotatable bonds is 6. The Hall–Kier alpha value is -2.08. The Labute approximate surface area is 117 Å². The van der Waals surface area contributed by atoms with E-state index in [2.05, 4.69) is 5.32 Å². The Morgan fingerprint density at radius 2 is 1.95 bits per heavy atom. The molecule has 1 amide bonds. The molecule has 2 N–H and O–H groups in total. The number of amides is 1. The molecule has 110 valence electrons. The largest absolute Gasteiger partial charge is 0.496 e. The highest BCUT2D eigenvalue weighted by molar-refractivity contribution is 5.94. The number of carboxylic acids is 1. The molecule has 6 heteroatoms. The average Bonchev–Trinajstić information content (AvgIpc) is 2.37. The number of anilines is 1. The van der Waals surface area contributed by atoms with Gasteiger partial charge in [0, 0.05) is 18.9 Å². The van der Waals surface area contributed by atoms with Crippen LogP contribution in [0.2, 0.25) is 0 Å². The van der Waals surface area contributed by atoms with E-state index >= 15 is 0 Å². The fourth-order valence-electron chi connectivity index (χ4n) is 1.61. The molecule has 0 radical (unpaired) electrons. The molecule has 0 unspecified atom stereocenters. The zero-order valence-corrected chi connectivity index (χ0v) is 12.0. The van der Waals surface area contributed by atoms with Gasteiger partial charge in [-0.05, 0) is 26.0 Å². The smallest absolute Gasteiger partial charge is 0.339 e. The second kappa shape index (κ2) is 6.38. The van der Waals surface area contributed by atoms with E-state index in [-0.39, 0.29) is 23.6 Å². The molecule has 0 aromatic heterocycles. The number of hydrogen-bond acceptors (Lipinski definition) is 4. The standard InChI is InChI=1S/C14H19NO5/c1-14(2,20-4)8-12(16)15-9-5-6-10(13(17)18)11(7-9)19-3/h5-7H,8H2,1-4H3,(H,15,16)(H,17,18). The molecule has 1 aromatic rings. The normalized spacial score (nSPS) is 11.0. The molecule has 20 heavy (non-hydrogen) atoms. The zero-order valence-electron chi connectivity index (χ0n) is 12.0. The van der Waals surface area contributed by atoms with E-state index in [9.17, 15) is 9.59 Å². The van der Waals surface area contributed by atoms with E-state index in [4.69, 9.17) is 14.6 Å². The summed E-state index contributed by atoms with van der Waals surface area (Å²) < 4.78 is 10.2. The Morgan fingerprint density at radius 1 is 1.30 bits per heavy atom. The van der Waals surface area contributed by atoms with Crippen LogP contribution in [0.1, 0.15) is 30.6 Å². The van der Waals surface area contributed by atoms with Crippen LogP contribution in [0, 0.1) is 0 Å². The van der Waals surface area contributed by atoms with Crippen molar-refractivity contribution in [3.8, 4) is 5.75 Å². The van der Waals surface area contributed by atoms with Gasteiger partial charge in [0.05, 0.1) is 19.1 Å². The fourth-order valence-corrected chi connectivity index (χ4v) is 1.61. The number of methoxy groups -OCH3 is 2. The van der Waals surface area contributed by atoms with Gasteiger partial charge in [-0.1, -0.05) is 0 Å². The van der Waals surface area contributed by atoms with Gasteiger partial charge in [0.2, 0.25) is 5.91 Å². The van der Waals surface area contributed by atoms with Crippen LogP contribution in [0.15, 0.2) is 18.2 Å². The van der Waals surface area contributed by atoms with Gasteiger partial charge >= 0.3 is 5.97 Å². The molecular weight excluding hydrogens is 262 g/mol. The van der Waals surface area contributed by atoms with Crippen molar-refractivity contribution in [1.82, 2.24) is 0 Å². The molecular formula is C14H19NO5. The number of hydrogen-bond donors (Lipinski definition) is 2. The highest BCUT2D eigenvalue weighted by Crippen LogP contribution is 2.24. The highest BCUT2D eigenvalue weighted by Gasteiger charge is 2.21. The molecule has 0 aliphatic rings. The second-order valence-corrected chi connectivity index (χ2v) is 4.91. The lowest BCUT2D eigenvalue weighted by atomic mass is 10.0. The summed E-state index contributed by atoms with van der Waals surface area (Å²) in [5.41, 5.74) is -0.0405. The number of benzene rings is 1. The van der Waals surface area contributed by atoms with E-state index in [1.807, 2.05) is 0 Å². The molecule has 6 nitrogen and oxygen atoms in total. The second-order valence-electron chi connectivity index (χ2n) is 4.91. The first kappa shape index (κ1) is 16.0. The van der Waals surface area contributed by atoms with Crippen LogP contribution >= 0.6 is 0 Å². The number of carbonyl (C=O) groups excluding carboxylic acids is 1. The van der Waals surface area contributed by atoms with Crippen LogP contribution in [-0.2, 0) is 9.53 Å². The summed E-state index contributed by atoms with van der Waals surface area (Å²) in [5.74, 6) is -1.11. The van der Waals surface area contributed by atoms with Gasteiger partial charge in [-0.3, -0.25) is 4.79 Å². The van der Waals surface area contributed by atoms with Crippen molar-refractivity contribution in [3.05, 3.63) is 23.8 Å². The van der Waals surface area contributed by atoms with Crippen molar-refractivity contribution >= 4 is 17.6 Å². The SMILES string of the molecule is COc1cc(NC(=O)CC(C)(C)OC)ccc1C(=O)O. The molecule has 0 heterocycles. The van der Waals surface area contributed by atoms with Crippen LogP contribution in [0.4, 0.5) is 5.69 Å². The lowest BCUT2D eigenvalue weighted by Gasteiger charge is -2.22. The van der Waals surface area contributed by atoms with Gasteiger partial charge < -0.3 is 19.9 Å². The van der Waals surface area contributed by atoms with E-state index in [0.717, 1.165) is 0 Å². The predicted molar refractivity (Wildman–Crippen MR) is 74.3 cm³/mol. The third kappa shape index (κ3) is 4.24. The van der Waals surface area contributed by atoms with E-state index in [1.165, 1.54) is 32.4 Å². The summed E-state index contributed by atoms with van der Waals surface area (Å²) >= 11 is 0. The van der Waals surface area contributed by atoms with Crippen molar-refractivity contribution < 1.29 is 24.2 Å². The van der Waals surface area contributed by atoms with Gasteiger partial charge in [-0.25, -0.2) is 4.79 Å². The molecule has 0 bridgehead atoms. The molecule has 0 atom stereocenters. The lowest BCUT2D eigenvalue weighted by molar-refractivity contribution is -0.121. The molecule has 1 aromatic carbocycles. The van der Waals surface area contributed by atoms with Crippen LogP contribution in [-0.4, -0.2) is 36.8 Å². The Morgan fingerprint density at radius 3 is 2.45 bits per heavy atom. The third-order valence-corrected chi connectivity index (χ3v) is 2.85. The summed E-state index contributed by atoms with van der Waals surface area (Å²) in [6.07, 6.45) is 0.187.